The van der Waals surface area contributed by atoms with E-state index in [1.54, 1.807) is 0 Å². The predicted octanol–water partition coefficient (Wildman–Crippen LogP) is 6.20. The number of hydrogen-bond acceptors (Lipinski definition) is 2. The number of hydrogen-bond donors (Lipinski definition) is 0. The first kappa shape index (κ1) is 20.2. The molecular formula is C19H36O2. The van der Waals surface area contributed by atoms with Crippen LogP contribution in [0.1, 0.15) is 96.8 Å². The van der Waals surface area contributed by atoms with Crippen molar-refractivity contribution in [1.82, 2.24) is 0 Å². The van der Waals surface area contributed by atoms with E-state index in [0.29, 0.717) is 6.42 Å². The Balaban J connectivity index is 3.10. The molecule has 0 aliphatic rings. The number of methoxy groups -OCH3 is 1. The van der Waals surface area contributed by atoms with Crippen LogP contribution in [-0.2, 0) is 9.53 Å². The SMILES string of the molecule is CCCCCCCCCC/C=C\CCCCCC(=O)OC. The molecule has 0 spiro atoms. The number of ether oxygens (including phenoxy) is 1. The lowest BCUT2D eigenvalue weighted by molar-refractivity contribution is -0.140. The molecule has 0 saturated carbocycles. The molecule has 2 nitrogen and oxygen atoms in total. The van der Waals surface area contributed by atoms with E-state index in [0.717, 1.165) is 19.3 Å². The molecule has 0 bridgehead atoms. The van der Waals surface area contributed by atoms with Gasteiger partial charge >= 0.3 is 5.97 Å². The minimum Gasteiger partial charge on any atom is -0.469 e. The van der Waals surface area contributed by atoms with Crippen molar-refractivity contribution in [1.29, 1.82) is 0 Å². The third kappa shape index (κ3) is 17.2. The van der Waals surface area contributed by atoms with Gasteiger partial charge in [0.2, 0.25) is 0 Å². The summed E-state index contributed by atoms with van der Waals surface area (Å²) in [5.41, 5.74) is 0. The highest BCUT2D eigenvalue weighted by Crippen LogP contribution is 2.10. The van der Waals surface area contributed by atoms with Gasteiger partial charge in [0.15, 0.2) is 0 Å². The van der Waals surface area contributed by atoms with Gasteiger partial charge in [-0.15, -0.1) is 0 Å². The molecule has 0 aliphatic carbocycles. The van der Waals surface area contributed by atoms with Crippen molar-refractivity contribution in [3.8, 4) is 0 Å². The first-order chi connectivity index (χ1) is 10.3. The number of carbonyl (C=O) groups is 1. The molecule has 0 rings (SSSR count). The van der Waals surface area contributed by atoms with Crippen LogP contribution in [-0.4, -0.2) is 13.1 Å². The Bertz CT molecular complexity index is 246. The second-order valence-corrected chi connectivity index (χ2v) is 5.91. The zero-order valence-corrected chi connectivity index (χ0v) is 14.4. The summed E-state index contributed by atoms with van der Waals surface area (Å²) in [5.74, 6) is -0.0831. The first-order valence-electron chi connectivity index (χ1n) is 9.03. The van der Waals surface area contributed by atoms with E-state index in [1.807, 2.05) is 0 Å². The lowest BCUT2D eigenvalue weighted by atomic mass is 10.1. The van der Waals surface area contributed by atoms with Gasteiger partial charge in [-0.3, -0.25) is 4.79 Å². The maximum atomic E-state index is 10.9. The van der Waals surface area contributed by atoms with Crippen LogP contribution in [0.2, 0.25) is 0 Å². The zero-order chi connectivity index (χ0) is 15.6. The normalized spacial score (nSPS) is 11.1. The van der Waals surface area contributed by atoms with Crippen LogP contribution < -0.4 is 0 Å². The molecule has 0 aliphatic heterocycles. The number of rotatable bonds is 15. The summed E-state index contributed by atoms with van der Waals surface area (Å²) < 4.78 is 4.62. The van der Waals surface area contributed by atoms with Crippen LogP contribution >= 0.6 is 0 Å². The molecule has 0 heterocycles. The first-order valence-corrected chi connectivity index (χ1v) is 9.03. The van der Waals surface area contributed by atoms with Gasteiger partial charge in [-0.25, -0.2) is 0 Å². The Morgan fingerprint density at radius 2 is 1.24 bits per heavy atom. The third-order valence-corrected chi connectivity index (χ3v) is 3.87. The van der Waals surface area contributed by atoms with Gasteiger partial charge in [0.1, 0.15) is 0 Å². The van der Waals surface area contributed by atoms with Gasteiger partial charge in [-0.2, -0.15) is 0 Å². The van der Waals surface area contributed by atoms with E-state index in [4.69, 9.17) is 0 Å². The third-order valence-electron chi connectivity index (χ3n) is 3.87. The Labute approximate surface area is 132 Å². The van der Waals surface area contributed by atoms with Gasteiger partial charge in [0.05, 0.1) is 7.11 Å². The fraction of sp³-hybridized carbons (Fsp3) is 0.842. The molecule has 0 radical (unpaired) electrons. The van der Waals surface area contributed by atoms with Crippen molar-refractivity contribution in [2.24, 2.45) is 0 Å². The highest BCUT2D eigenvalue weighted by Gasteiger charge is 1.98. The summed E-state index contributed by atoms with van der Waals surface area (Å²) in [6.07, 6.45) is 22.0. The molecule has 0 fully saturated rings. The van der Waals surface area contributed by atoms with Crippen molar-refractivity contribution in [2.45, 2.75) is 96.8 Å². The standard InChI is InChI=1S/C19H36O2/c1-3-4-5-6-7-8-9-10-11-12-13-14-15-16-17-18-19(20)21-2/h12-13H,3-11,14-18H2,1-2H3/b13-12-. The van der Waals surface area contributed by atoms with E-state index in [1.165, 1.54) is 71.3 Å². The zero-order valence-electron chi connectivity index (χ0n) is 14.4. The van der Waals surface area contributed by atoms with Crippen LogP contribution in [0, 0.1) is 0 Å². The summed E-state index contributed by atoms with van der Waals surface area (Å²) in [6, 6.07) is 0. The van der Waals surface area contributed by atoms with Crippen molar-refractivity contribution in [3.05, 3.63) is 12.2 Å². The predicted molar refractivity (Wildman–Crippen MR) is 91.5 cm³/mol. The molecule has 0 unspecified atom stereocenters. The Morgan fingerprint density at radius 3 is 1.76 bits per heavy atom. The van der Waals surface area contributed by atoms with Crippen LogP contribution in [0.25, 0.3) is 0 Å². The maximum Gasteiger partial charge on any atom is 0.305 e. The van der Waals surface area contributed by atoms with Gasteiger partial charge in [-0.1, -0.05) is 70.4 Å². The fourth-order valence-electron chi connectivity index (χ4n) is 2.44. The number of esters is 1. The minimum absolute atomic E-state index is 0.0831. The van der Waals surface area contributed by atoms with Crippen LogP contribution in [0.3, 0.4) is 0 Å². The van der Waals surface area contributed by atoms with Gasteiger partial charge in [0.25, 0.3) is 0 Å². The Morgan fingerprint density at radius 1 is 0.762 bits per heavy atom. The lowest BCUT2D eigenvalue weighted by Gasteiger charge is -2.00. The molecular weight excluding hydrogens is 260 g/mol. The average molecular weight is 296 g/mol. The molecule has 0 aromatic carbocycles. The summed E-state index contributed by atoms with van der Waals surface area (Å²) in [4.78, 5) is 10.9. The van der Waals surface area contributed by atoms with Gasteiger partial charge in [0, 0.05) is 6.42 Å². The molecule has 0 N–H and O–H groups in total. The van der Waals surface area contributed by atoms with Gasteiger partial charge < -0.3 is 4.74 Å². The Hall–Kier alpha value is -0.790. The van der Waals surface area contributed by atoms with Gasteiger partial charge in [-0.05, 0) is 32.1 Å². The molecule has 21 heavy (non-hydrogen) atoms. The second-order valence-electron chi connectivity index (χ2n) is 5.91. The van der Waals surface area contributed by atoms with Crippen molar-refractivity contribution >= 4 is 5.97 Å². The number of unbranched alkanes of at least 4 members (excludes halogenated alkanes) is 11. The van der Waals surface area contributed by atoms with E-state index < -0.39 is 0 Å². The van der Waals surface area contributed by atoms with Crippen molar-refractivity contribution in [2.75, 3.05) is 7.11 Å². The summed E-state index contributed by atoms with van der Waals surface area (Å²) in [6.45, 7) is 2.27. The van der Waals surface area contributed by atoms with Crippen LogP contribution in [0.4, 0.5) is 0 Å². The quantitative estimate of drug-likeness (QED) is 0.204. The van der Waals surface area contributed by atoms with E-state index in [9.17, 15) is 4.79 Å². The van der Waals surface area contributed by atoms with Crippen molar-refractivity contribution < 1.29 is 9.53 Å². The van der Waals surface area contributed by atoms with Crippen molar-refractivity contribution in [3.63, 3.8) is 0 Å². The largest absolute Gasteiger partial charge is 0.469 e. The number of carbonyl (C=O) groups excluding carboxylic acids is 1. The monoisotopic (exact) mass is 296 g/mol. The summed E-state index contributed by atoms with van der Waals surface area (Å²) in [5, 5.41) is 0. The average Bonchev–Trinajstić information content (AvgIpc) is 2.50. The van der Waals surface area contributed by atoms with E-state index in [2.05, 4.69) is 23.8 Å². The fourth-order valence-corrected chi connectivity index (χ4v) is 2.44. The van der Waals surface area contributed by atoms with E-state index >= 15 is 0 Å². The smallest absolute Gasteiger partial charge is 0.305 e. The second kappa shape index (κ2) is 17.3. The summed E-state index contributed by atoms with van der Waals surface area (Å²) in [7, 11) is 1.45. The highest BCUT2D eigenvalue weighted by molar-refractivity contribution is 5.68. The maximum absolute atomic E-state index is 10.9. The van der Waals surface area contributed by atoms with Crippen LogP contribution in [0.15, 0.2) is 12.2 Å². The number of allylic oxidation sites excluding steroid dienone is 2. The minimum atomic E-state index is -0.0831. The molecule has 0 amide bonds. The summed E-state index contributed by atoms with van der Waals surface area (Å²) >= 11 is 0. The Kier molecular flexibility index (Phi) is 16.6. The lowest BCUT2D eigenvalue weighted by Crippen LogP contribution is -1.98. The molecule has 0 saturated heterocycles. The van der Waals surface area contributed by atoms with E-state index in [-0.39, 0.29) is 5.97 Å². The highest BCUT2D eigenvalue weighted by atomic mass is 16.5. The molecule has 0 aromatic heterocycles. The molecule has 2 heteroatoms. The van der Waals surface area contributed by atoms with Crippen LogP contribution in [0.5, 0.6) is 0 Å². The molecule has 124 valence electrons. The molecule has 0 aromatic rings. The molecule has 0 atom stereocenters. The topological polar surface area (TPSA) is 26.3 Å².